The Bertz CT molecular complexity index is 914. The highest BCUT2D eigenvalue weighted by Gasteiger charge is 2.11. The smallest absolute Gasteiger partial charge is 0.244 e. The van der Waals surface area contributed by atoms with Gasteiger partial charge in [-0.3, -0.25) is 4.79 Å². The summed E-state index contributed by atoms with van der Waals surface area (Å²) in [6, 6.07) is 18.0. The molecule has 26 heavy (non-hydrogen) atoms. The van der Waals surface area contributed by atoms with Gasteiger partial charge >= 0.3 is 0 Å². The number of amides is 1. The molecule has 1 N–H and O–H groups in total. The lowest BCUT2D eigenvalue weighted by molar-refractivity contribution is -0.116. The Morgan fingerprint density at radius 1 is 1.08 bits per heavy atom. The van der Waals surface area contributed by atoms with Crippen LogP contribution in [0.15, 0.2) is 60.7 Å². The predicted octanol–water partition coefficient (Wildman–Crippen LogP) is 2.69. The number of benzene rings is 2. The van der Waals surface area contributed by atoms with E-state index in [-0.39, 0.29) is 24.0 Å². The van der Waals surface area contributed by atoms with Gasteiger partial charge in [0.25, 0.3) is 0 Å². The molecule has 2 rings (SSSR count). The summed E-state index contributed by atoms with van der Waals surface area (Å²) >= 11 is 0. The Morgan fingerprint density at radius 3 is 2.50 bits per heavy atom. The standard InChI is InChI=1S/C20H20N2O3S/c21-15-19-10-5-4-9-18(19)11-12-20(23)22-13-6-14-26(24,25)16-17-7-2-1-3-8-17/h1-5,7-12H,6,13-14,16H2,(H,22,23)/b12-11+. The van der Waals surface area contributed by atoms with Crippen molar-refractivity contribution < 1.29 is 13.2 Å². The van der Waals surface area contributed by atoms with E-state index in [0.29, 0.717) is 17.5 Å². The lowest BCUT2D eigenvalue weighted by atomic mass is 10.1. The zero-order valence-corrected chi connectivity index (χ0v) is 15.1. The molecule has 0 spiro atoms. The Labute approximate surface area is 153 Å². The van der Waals surface area contributed by atoms with Gasteiger partial charge in [0.05, 0.1) is 23.1 Å². The van der Waals surface area contributed by atoms with Crippen LogP contribution in [0.25, 0.3) is 6.08 Å². The second kappa shape index (κ2) is 9.54. The first kappa shape index (κ1) is 19.4. The third kappa shape index (κ3) is 6.54. The summed E-state index contributed by atoms with van der Waals surface area (Å²) in [7, 11) is -3.20. The number of carbonyl (C=O) groups is 1. The molecule has 0 aliphatic carbocycles. The molecule has 0 saturated carbocycles. The van der Waals surface area contributed by atoms with Crippen LogP contribution >= 0.6 is 0 Å². The lowest BCUT2D eigenvalue weighted by Crippen LogP contribution is -2.24. The summed E-state index contributed by atoms with van der Waals surface area (Å²) in [5, 5.41) is 11.7. The number of rotatable bonds is 8. The van der Waals surface area contributed by atoms with Gasteiger partial charge in [-0.05, 0) is 29.7 Å². The van der Waals surface area contributed by atoms with Crippen LogP contribution in [0.3, 0.4) is 0 Å². The fourth-order valence-electron chi connectivity index (χ4n) is 2.37. The van der Waals surface area contributed by atoms with Gasteiger partial charge in [0, 0.05) is 12.6 Å². The van der Waals surface area contributed by atoms with E-state index in [1.165, 1.54) is 6.08 Å². The van der Waals surface area contributed by atoms with Crippen molar-refractivity contribution in [3.05, 3.63) is 77.4 Å². The number of carbonyl (C=O) groups excluding carboxylic acids is 1. The molecule has 1 amide bonds. The van der Waals surface area contributed by atoms with E-state index >= 15 is 0 Å². The number of nitriles is 1. The summed E-state index contributed by atoms with van der Waals surface area (Å²) in [4.78, 5) is 11.8. The molecular formula is C20H20N2O3S. The van der Waals surface area contributed by atoms with Crippen molar-refractivity contribution in [1.82, 2.24) is 5.32 Å². The van der Waals surface area contributed by atoms with Crippen molar-refractivity contribution in [2.75, 3.05) is 12.3 Å². The van der Waals surface area contributed by atoms with Crippen LogP contribution < -0.4 is 5.32 Å². The van der Waals surface area contributed by atoms with Crippen molar-refractivity contribution in [2.45, 2.75) is 12.2 Å². The SMILES string of the molecule is N#Cc1ccccc1/C=C/C(=O)NCCCS(=O)(=O)Cc1ccccc1. The summed E-state index contributed by atoms with van der Waals surface area (Å²) in [5.74, 6) is -0.298. The molecule has 2 aromatic carbocycles. The third-order valence-corrected chi connectivity index (χ3v) is 5.34. The number of hydrogen-bond acceptors (Lipinski definition) is 4. The van der Waals surface area contributed by atoms with Crippen LogP contribution in [0.2, 0.25) is 0 Å². The Hall–Kier alpha value is -2.91. The molecule has 134 valence electrons. The maximum Gasteiger partial charge on any atom is 0.244 e. The summed E-state index contributed by atoms with van der Waals surface area (Å²) in [6.07, 6.45) is 3.26. The minimum atomic E-state index is -3.20. The molecule has 0 atom stereocenters. The van der Waals surface area contributed by atoms with Gasteiger partial charge in [-0.25, -0.2) is 8.42 Å². The number of hydrogen-bond donors (Lipinski definition) is 1. The molecule has 0 aliphatic heterocycles. The van der Waals surface area contributed by atoms with Crippen molar-refractivity contribution in [3.8, 4) is 6.07 Å². The summed E-state index contributed by atoms with van der Waals surface area (Å²) in [6.45, 7) is 0.275. The molecule has 0 radical (unpaired) electrons. The molecule has 0 aromatic heterocycles. The van der Waals surface area contributed by atoms with Gasteiger partial charge in [0.15, 0.2) is 9.84 Å². The lowest BCUT2D eigenvalue weighted by Gasteiger charge is -2.05. The fourth-order valence-corrected chi connectivity index (χ4v) is 3.80. The van der Waals surface area contributed by atoms with Crippen molar-refractivity contribution in [3.63, 3.8) is 0 Å². The zero-order valence-electron chi connectivity index (χ0n) is 14.3. The highest BCUT2D eigenvalue weighted by Crippen LogP contribution is 2.09. The molecule has 0 saturated heterocycles. The predicted molar refractivity (Wildman–Crippen MR) is 102 cm³/mol. The maximum absolute atomic E-state index is 12.1. The fraction of sp³-hybridized carbons (Fsp3) is 0.200. The van der Waals surface area contributed by atoms with Gasteiger partial charge in [0.2, 0.25) is 5.91 Å². The quantitative estimate of drug-likeness (QED) is 0.573. The maximum atomic E-state index is 12.1. The number of sulfone groups is 1. The largest absolute Gasteiger partial charge is 0.353 e. The normalized spacial score (nSPS) is 11.2. The van der Waals surface area contributed by atoms with E-state index < -0.39 is 9.84 Å². The van der Waals surface area contributed by atoms with Crippen LogP contribution in [-0.4, -0.2) is 26.6 Å². The molecule has 0 fully saturated rings. The molecule has 0 aliphatic rings. The Kier molecular flexibility index (Phi) is 7.12. The number of nitrogens with one attached hydrogen (secondary N) is 1. The Balaban J connectivity index is 1.76. The van der Waals surface area contributed by atoms with E-state index in [4.69, 9.17) is 5.26 Å². The molecular weight excluding hydrogens is 348 g/mol. The minimum Gasteiger partial charge on any atom is -0.353 e. The van der Waals surface area contributed by atoms with Crippen LogP contribution in [0.5, 0.6) is 0 Å². The van der Waals surface area contributed by atoms with E-state index in [0.717, 1.165) is 5.56 Å². The molecule has 0 heterocycles. The highest BCUT2D eigenvalue weighted by molar-refractivity contribution is 7.90. The first-order chi connectivity index (χ1) is 12.5. The second-order valence-electron chi connectivity index (χ2n) is 5.75. The Morgan fingerprint density at radius 2 is 1.77 bits per heavy atom. The third-order valence-electron chi connectivity index (χ3n) is 3.66. The minimum absolute atomic E-state index is 0.00658. The topological polar surface area (TPSA) is 87.0 Å². The first-order valence-corrected chi connectivity index (χ1v) is 10.0. The van der Waals surface area contributed by atoms with Crippen molar-refractivity contribution in [2.24, 2.45) is 0 Å². The van der Waals surface area contributed by atoms with Crippen LogP contribution in [-0.2, 0) is 20.4 Å². The van der Waals surface area contributed by atoms with Gasteiger partial charge in [-0.1, -0.05) is 48.5 Å². The average Bonchev–Trinajstić information content (AvgIpc) is 2.64. The van der Waals surface area contributed by atoms with Crippen LogP contribution in [0.4, 0.5) is 0 Å². The van der Waals surface area contributed by atoms with E-state index in [2.05, 4.69) is 11.4 Å². The highest BCUT2D eigenvalue weighted by atomic mass is 32.2. The molecule has 6 heteroatoms. The van der Waals surface area contributed by atoms with Crippen molar-refractivity contribution >= 4 is 21.8 Å². The van der Waals surface area contributed by atoms with E-state index in [1.807, 2.05) is 18.2 Å². The van der Waals surface area contributed by atoms with Gasteiger partial charge in [-0.15, -0.1) is 0 Å². The van der Waals surface area contributed by atoms with E-state index in [1.54, 1.807) is 42.5 Å². The summed E-state index contributed by atoms with van der Waals surface area (Å²) in [5.41, 5.74) is 1.91. The second-order valence-corrected chi connectivity index (χ2v) is 7.94. The molecule has 0 unspecified atom stereocenters. The van der Waals surface area contributed by atoms with E-state index in [9.17, 15) is 13.2 Å². The zero-order chi connectivity index (χ0) is 18.8. The van der Waals surface area contributed by atoms with Gasteiger partial charge < -0.3 is 5.32 Å². The summed E-state index contributed by atoms with van der Waals surface area (Å²) < 4.78 is 24.1. The van der Waals surface area contributed by atoms with Crippen molar-refractivity contribution in [1.29, 1.82) is 5.26 Å². The van der Waals surface area contributed by atoms with Crippen LogP contribution in [0.1, 0.15) is 23.1 Å². The van der Waals surface area contributed by atoms with Gasteiger partial charge in [0.1, 0.15) is 0 Å². The molecule has 2 aromatic rings. The molecule has 5 nitrogen and oxygen atoms in total. The molecule has 0 bridgehead atoms. The number of nitrogens with zero attached hydrogens (tertiary/aromatic N) is 1. The van der Waals surface area contributed by atoms with Gasteiger partial charge in [-0.2, -0.15) is 5.26 Å². The first-order valence-electron chi connectivity index (χ1n) is 8.19. The monoisotopic (exact) mass is 368 g/mol. The average molecular weight is 368 g/mol. The van der Waals surface area contributed by atoms with Crippen LogP contribution in [0, 0.1) is 11.3 Å².